The van der Waals surface area contributed by atoms with Crippen LogP contribution < -0.4 is 4.72 Å². The van der Waals surface area contributed by atoms with Gasteiger partial charge in [-0.1, -0.05) is 31.5 Å². The zero-order valence-electron chi connectivity index (χ0n) is 16.2. The number of likely N-dealkylation sites (tertiary alicyclic amines) is 1. The van der Waals surface area contributed by atoms with Crippen molar-refractivity contribution in [2.24, 2.45) is 5.41 Å². The van der Waals surface area contributed by atoms with Gasteiger partial charge in [0.1, 0.15) is 0 Å². The Kier molecular flexibility index (Phi) is 6.23. The summed E-state index contributed by atoms with van der Waals surface area (Å²) in [6.45, 7) is 3.43. The van der Waals surface area contributed by atoms with Gasteiger partial charge in [-0.25, -0.2) is 13.1 Å². The molecule has 0 bridgehead atoms. The first-order valence-electron chi connectivity index (χ1n) is 9.79. The lowest BCUT2D eigenvalue weighted by Gasteiger charge is -2.46. The second-order valence-electron chi connectivity index (χ2n) is 7.64. The number of carbonyl (C=O) groups excluding carboxylic acids is 1. The van der Waals surface area contributed by atoms with Crippen molar-refractivity contribution in [1.29, 1.82) is 0 Å². The lowest BCUT2D eigenvalue weighted by molar-refractivity contribution is -0.142. The van der Waals surface area contributed by atoms with Crippen LogP contribution in [0.5, 0.6) is 0 Å². The van der Waals surface area contributed by atoms with Crippen molar-refractivity contribution < 1.29 is 17.9 Å². The third kappa shape index (κ3) is 4.05. The summed E-state index contributed by atoms with van der Waals surface area (Å²) in [6.07, 6.45) is 4.80. The molecule has 1 N–H and O–H groups in total. The van der Waals surface area contributed by atoms with E-state index >= 15 is 0 Å². The molecule has 0 radical (unpaired) electrons. The van der Waals surface area contributed by atoms with Gasteiger partial charge in [-0.3, -0.25) is 4.79 Å². The number of hydrogen-bond acceptors (Lipinski definition) is 4. The fraction of sp³-hybridized carbons (Fsp3) is 0.650. The van der Waals surface area contributed by atoms with Crippen LogP contribution in [-0.2, 0) is 26.0 Å². The minimum Gasteiger partial charge on any atom is -0.383 e. The van der Waals surface area contributed by atoms with Gasteiger partial charge in [0.25, 0.3) is 0 Å². The summed E-state index contributed by atoms with van der Waals surface area (Å²) in [5.41, 5.74) is 0.654. The molecule has 2 atom stereocenters. The largest absolute Gasteiger partial charge is 0.383 e. The van der Waals surface area contributed by atoms with Crippen LogP contribution in [0, 0.1) is 5.41 Å². The number of aryl methyl sites for hydroxylation is 1. The van der Waals surface area contributed by atoms with E-state index in [0.29, 0.717) is 37.4 Å². The average Bonchev–Trinajstić information content (AvgIpc) is 3.10. The van der Waals surface area contributed by atoms with Crippen LogP contribution >= 0.6 is 0 Å². The van der Waals surface area contributed by atoms with Gasteiger partial charge in [0, 0.05) is 38.1 Å². The normalized spacial score (nSPS) is 25.6. The second-order valence-corrected chi connectivity index (χ2v) is 9.37. The SMILES string of the molecule is CCc1ccccc1S(=O)(=O)NC[C@@]12CCC[C@H]1N(CCOC)C(=O)CC2. The number of nitrogens with one attached hydrogen (secondary N) is 1. The number of carbonyl (C=O) groups is 1. The van der Waals surface area contributed by atoms with Crippen LogP contribution in [0.3, 0.4) is 0 Å². The molecule has 6 nitrogen and oxygen atoms in total. The number of hydrogen-bond donors (Lipinski definition) is 1. The number of piperidine rings is 1. The maximum Gasteiger partial charge on any atom is 0.240 e. The molecule has 1 heterocycles. The lowest BCUT2D eigenvalue weighted by atomic mass is 9.74. The van der Waals surface area contributed by atoms with Gasteiger partial charge >= 0.3 is 0 Å². The quantitative estimate of drug-likeness (QED) is 0.734. The smallest absolute Gasteiger partial charge is 0.240 e. The minimum atomic E-state index is -3.57. The first-order chi connectivity index (χ1) is 12.9. The van der Waals surface area contributed by atoms with E-state index in [1.165, 1.54) is 0 Å². The van der Waals surface area contributed by atoms with E-state index in [0.717, 1.165) is 31.2 Å². The number of fused-ring (bicyclic) bond motifs is 1. The van der Waals surface area contributed by atoms with Crippen LogP contribution in [0.4, 0.5) is 0 Å². The third-order valence-corrected chi connectivity index (χ3v) is 7.69. The van der Waals surface area contributed by atoms with Crippen molar-refractivity contribution in [3.63, 3.8) is 0 Å². The molecule has 1 aromatic rings. The molecular formula is C20H30N2O4S. The molecule has 1 aromatic carbocycles. The van der Waals surface area contributed by atoms with E-state index in [9.17, 15) is 13.2 Å². The number of rotatable bonds is 8. The van der Waals surface area contributed by atoms with Crippen molar-refractivity contribution in [3.8, 4) is 0 Å². The third-order valence-electron chi connectivity index (χ3n) is 6.19. The molecule has 150 valence electrons. The van der Waals surface area contributed by atoms with Gasteiger partial charge in [0.2, 0.25) is 15.9 Å². The van der Waals surface area contributed by atoms with Crippen LogP contribution in [0.15, 0.2) is 29.2 Å². The first kappa shape index (κ1) is 20.3. The Morgan fingerprint density at radius 3 is 2.81 bits per heavy atom. The zero-order valence-corrected chi connectivity index (χ0v) is 17.1. The molecule has 1 saturated carbocycles. The fourth-order valence-electron chi connectivity index (χ4n) is 4.71. The Balaban J connectivity index is 1.78. The second kappa shape index (κ2) is 8.29. The zero-order chi connectivity index (χ0) is 19.5. The highest BCUT2D eigenvalue weighted by Crippen LogP contribution is 2.47. The molecule has 2 aliphatic rings. The number of benzene rings is 1. The number of amides is 1. The molecule has 27 heavy (non-hydrogen) atoms. The Morgan fingerprint density at radius 2 is 2.07 bits per heavy atom. The molecule has 1 saturated heterocycles. The Hall–Kier alpha value is -1.44. The van der Waals surface area contributed by atoms with Gasteiger partial charge in [0.15, 0.2) is 0 Å². The Morgan fingerprint density at radius 1 is 1.30 bits per heavy atom. The molecule has 1 aliphatic carbocycles. The van der Waals surface area contributed by atoms with Crippen molar-refractivity contribution >= 4 is 15.9 Å². The van der Waals surface area contributed by atoms with Crippen LogP contribution in [0.1, 0.15) is 44.6 Å². The lowest BCUT2D eigenvalue weighted by Crippen LogP contribution is -2.56. The highest BCUT2D eigenvalue weighted by molar-refractivity contribution is 7.89. The molecule has 0 unspecified atom stereocenters. The van der Waals surface area contributed by atoms with Crippen molar-refractivity contribution in [2.45, 2.75) is 56.4 Å². The van der Waals surface area contributed by atoms with Gasteiger partial charge in [-0.15, -0.1) is 0 Å². The standard InChI is InChI=1S/C20H30N2O4S/c1-3-16-7-4-5-8-17(16)27(24,25)21-15-20-11-6-9-18(20)22(13-14-26-2)19(23)10-12-20/h4-5,7-8,18,21H,3,6,9-15H2,1-2H3/t18-,20+/m1/s1. The van der Waals surface area contributed by atoms with Gasteiger partial charge < -0.3 is 9.64 Å². The average molecular weight is 395 g/mol. The Bertz CT molecular complexity index is 780. The minimum absolute atomic E-state index is 0.0954. The molecule has 1 amide bonds. The van der Waals surface area contributed by atoms with E-state index in [4.69, 9.17) is 4.74 Å². The number of sulfonamides is 1. The summed E-state index contributed by atoms with van der Waals surface area (Å²) < 4.78 is 33.9. The van der Waals surface area contributed by atoms with Gasteiger partial charge in [0.05, 0.1) is 11.5 Å². The van der Waals surface area contributed by atoms with Crippen molar-refractivity contribution in [2.75, 3.05) is 26.8 Å². The van der Waals surface area contributed by atoms with Crippen LogP contribution in [0.2, 0.25) is 0 Å². The monoisotopic (exact) mass is 394 g/mol. The predicted molar refractivity (Wildman–Crippen MR) is 104 cm³/mol. The van der Waals surface area contributed by atoms with Crippen LogP contribution in [0.25, 0.3) is 0 Å². The number of nitrogens with zero attached hydrogens (tertiary/aromatic N) is 1. The fourth-order valence-corrected chi connectivity index (χ4v) is 6.16. The summed E-state index contributed by atoms with van der Waals surface area (Å²) in [5, 5.41) is 0. The highest BCUT2D eigenvalue weighted by Gasteiger charge is 2.50. The van der Waals surface area contributed by atoms with E-state index in [1.54, 1.807) is 19.2 Å². The van der Waals surface area contributed by atoms with E-state index in [-0.39, 0.29) is 17.4 Å². The van der Waals surface area contributed by atoms with E-state index < -0.39 is 10.0 Å². The summed E-state index contributed by atoms with van der Waals surface area (Å²) >= 11 is 0. The van der Waals surface area contributed by atoms with E-state index in [1.807, 2.05) is 24.0 Å². The summed E-state index contributed by atoms with van der Waals surface area (Å²) in [7, 11) is -1.94. The number of methoxy groups -OCH3 is 1. The Labute approximate surface area is 162 Å². The molecule has 2 fully saturated rings. The van der Waals surface area contributed by atoms with E-state index in [2.05, 4.69) is 4.72 Å². The maximum atomic E-state index is 12.9. The van der Waals surface area contributed by atoms with Crippen molar-refractivity contribution in [3.05, 3.63) is 29.8 Å². The van der Waals surface area contributed by atoms with Crippen molar-refractivity contribution in [1.82, 2.24) is 9.62 Å². The first-order valence-corrected chi connectivity index (χ1v) is 11.3. The number of ether oxygens (including phenoxy) is 1. The maximum absolute atomic E-state index is 12.9. The summed E-state index contributed by atoms with van der Waals surface area (Å²) in [4.78, 5) is 14.7. The molecular weight excluding hydrogens is 364 g/mol. The summed E-state index contributed by atoms with van der Waals surface area (Å²) in [5.74, 6) is 0.161. The van der Waals surface area contributed by atoms with Gasteiger partial charge in [-0.2, -0.15) is 0 Å². The molecule has 0 spiro atoms. The topological polar surface area (TPSA) is 75.7 Å². The van der Waals surface area contributed by atoms with Gasteiger partial charge in [-0.05, 0) is 37.3 Å². The predicted octanol–water partition coefficient (Wildman–Crippen LogP) is 2.33. The molecule has 3 rings (SSSR count). The molecule has 0 aromatic heterocycles. The summed E-state index contributed by atoms with van der Waals surface area (Å²) in [6, 6.07) is 7.25. The highest BCUT2D eigenvalue weighted by atomic mass is 32.2. The van der Waals surface area contributed by atoms with Crippen LogP contribution in [-0.4, -0.2) is 52.1 Å². The molecule has 7 heteroatoms. The molecule has 1 aliphatic heterocycles.